The molecule has 3 atom stereocenters. The highest BCUT2D eigenvalue weighted by Gasteiger charge is 2.28. The van der Waals surface area contributed by atoms with Crippen molar-refractivity contribution in [2.24, 2.45) is 0 Å². The molecule has 168 valence electrons. The van der Waals surface area contributed by atoms with Crippen molar-refractivity contribution < 1.29 is 32.2 Å². The molecule has 0 bridgehead atoms. The van der Waals surface area contributed by atoms with E-state index in [-0.39, 0.29) is 31.3 Å². The number of halogens is 3. The van der Waals surface area contributed by atoms with Crippen LogP contribution in [0.3, 0.4) is 0 Å². The third-order valence-corrected chi connectivity index (χ3v) is 4.37. The average Bonchev–Trinajstić information content (AvgIpc) is 2.64. The second-order valence-corrected chi connectivity index (χ2v) is 7.52. The molecule has 1 aromatic rings. The van der Waals surface area contributed by atoms with E-state index in [0.717, 1.165) is 5.56 Å². The second kappa shape index (κ2) is 10.6. The third-order valence-electron chi connectivity index (χ3n) is 4.37. The van der Waals surface area contributed by atoms with Crippen LogP contribution in [0.15, 0.2) is 24.3 Å². The van der Waals surface area contributed by atoms with Gasteiger partial charge in [0.15, 0.2) is 0 Å². The molecular formula is C20H28F3N3O4. The first-order valence-corrected chi connectivity index (χ1v) is 9.76. The van der Waals surface area contributed by atoms with Gasteiger partial charge in [-0.3, -0.25) is 4.79 Å². The van der Waals surface area contributed by atoms with E-state index in [1.165, 1.54) is 0 Å². The number of ether oxygens (including phenoxy) is 2. The maximum Gasteiger partial charge on any atom is 0.411 e. The Morgan fingerprint density at radius 1 is 1.20 bits per heavy atom. The number of amides is 3. The first kappa shape index (κ1) is 23.9. The summed E-state index contributed by atoms with van der Waals surface area (Å²) in [5.41, 5.74) is 1.34. The van der Waals surface area contributed by atoms with Crippen LogP contribution in [0.2, 0.25) is 0 Å². The van der Waals surface area contributed by atoms with Gasteiger partial charge in [0.25, 0.3) is 5.91 Å². The van der Waals surface area contributed by atoms with E-state index in [1.54, 1.807) is 36.1 Å². The third kappa shape index (κ3) is 8.19. The van der Waals surface area contributed by atoms with Crippen LogP contribution in [-0.2, 0) is 16.0 Å². The lowest BCUT2D eigenvalue weighted by Gasteiger charge is -2.35. The predicted octanol–water partition coefficient (Wildman–Crippen LogP) is 2.70. The van der Waals surface area contributed by atoms with Crippen LogP contribution in [0.5, 0.6) is 0 Å². The molecule has 1 aliphatic rings. The molecule has 3 unspecified atom stereocenters. The summed E-state index contributed by atoms with van der Waals surface area (Å²) in [5.74, 6) is -0.0677. The Morgan fingerprint density at radius 3 is 2.37 bits per heavy atom. The molecule has 30 heavy (non-hydrogen) atoms. The van der Waals surface area contributed by atoms with Crippen LogP contribution in [0, 0.1) is 0 Å². The minimum absolute atomic E-state index is 0.0130. The number of carbonyl (C=O) groups excluding carboxylic acids is 2. The van der Waals surface area contributed by atoms with Crippen LogP contribution in [-0.4, -0.2) is 67.6 Å². The van der Waals surface area contributed by atoms with Crippen molar-refractivity contribution in [2.45, 2.75) is 51.7 Å². The van der Waals surface area contributed by atoms with E-state index in [0.29, 0.717) is 18.7 Å². The van der Waals surface area contributed by atoms with Crippen molar-refractivity contribution in [2.75, 3.05) is 26.3 Å². The summed E-state index contributed by atoms with van der Waals surface area (Å²) in [5, 5.41) is 5.12. The Bertz CT molecular complexity index is 702. The van der Waals surface area contributed by atoms with E-state index in [9.17, 15) is 22.8 Å². The number of urea groups is 1. The number of nitrogens with one attached hydrogen (secondary N) is 2. The molecule has 1 heterocycles. The summed E-state index contributed by atoms with van der Waals surface area (Å²) in [6, 6.07) is 5.80. The number of hydrogen-bond donors (Lipinski definition) is 2. The van der Waals surface area contributed by atoms with Gasteiger partial charge in [0, 0.05) is 25.2 Å². The molecule has 2 N–H and O–H groups in total. The van der Waals surface area contributed by atoms with Crippen LogP contribution in [0.25, 0.3) is 0 Å². The summed E-state index contributed by atoms with van der Waals surface area (Å²) >= 11 is 0. The molecule has 2 rings (SSSR count). The average molecular weight is 431 g/mol. The molecule has 1 aromatic carbocycles. The molecule has 0 spiro atoms. The summed E-state index contributed by atoms with van der Waals surface area (Å²) in [7, 11) is 0. The number of carbonyl (C=O) groups is 2. The molecule has 0 aliphatic carbocycles. The van der Waals surface area contributed by atoms with E-state index in [1.807, 2.05) is 13.8 Å². The van der Waals surface area contributed by atoms with Crippen LogP contribution in [0.1, 0.15) is 36.7 Å². The quantitative estimate of drug-likeness (QED) is 0.696. The van der Waals surface area contributed by atoms with Gasteiger partial charge in [-0.15, -0.1) is 0 Å². The Labute approximate surface area is 173 Å². The highest BCUT2D eigenvalue weighted by molar-refractivity contribution is 5.94. The van der Waals surface area contributed by atoms with Crippen LogP contribution < -0.4 is 10.6 Å². The lowest BCUT2D eigenvalue weighted by Crippen LogP contribution is -2.48. The zero-order valence-corrected chi connectivity index (χ0v) is 17.3. The molecule has 0 saturated carbocycles. The lowest BCUT2D eigenvalue weighted by atomic mass is 10.1. The Morgan fingerprint density at radius 2 is 1.80 bits per heavy atom. The van der Waals surface area contributed by atoms with Crippen molar-refractivity contribution >= 4 is 11.9 Å². The van der Waals surface area contributed by atoms with Gasteiger partial charge in [0.2, 0.25) is 0 Å². The monoisotopic (exact) mass is 431 g/mol. The summed E-state index contributed by atoms with van der Waals surface area (Å²) in [4.78, 5) is 26.3. The van der Waals surface area contributed by atoms with Crippen molar-refractivity contribution in [3.8, 4) is 0 Å². The molecule has 7 nitrogen and oxygen atoms in total. The standard InChI is InChI=1S/C20H28F3N3O4/c1-13(11-29-12-20(21,22)23)25-19(28)24-8-16-4-6-17(7-5-16)18(27)26-9-14(2)30-15(3)10-26/h4-7,13-15H,8-12H2,1-3H3,(H2,24,25,28). The Kier molecular flexibility index (Phi) is 8.48. The Balaban J connectivity index is 1.76. The fourth-order valence-electron chi connectivity index (χ4n) is 3.14. The number of rotatable bonds is 7. The zero-order chi connectivity index (χ0) is 22.3. The first-order chi connectivity index (χ1) is 14.0. The molecule has 0 radical (unpaired) electrons. The summed E-state index contributed by atoms with van der Waals surface area (Å²) < 4.78 is 46.3. The van der Waals surface area contributed by atoms with Gasteiger partial charge < -0.3 is 25.0 Å². The number of nitrogens with zero attached hydrogens (tertiary/aromatic N) is 1. The zero-order valence-electron chi connectivity index (χ0n) is 17.3. The van der Waals surface area contributed by atoms with Gasteiger partial charge in [0.1, 0.15) is 6.61 Å². The van der Waals surface area contributed by atoms with Crippen molar-refractivity contribution in [3.05, 3.63) is 35.4 Å². The maximum atomic E-state index is 12.6. The van der Waals surface area contributed by atoms with Crippen LogP contribution in [0.4, 0.5) is 18.0 Å². The lowest BCUT2D eigenvalue weighted by molar-refractivity contribution is -0.174. The number of benzene rings is 1. The van der Waals surface area contributed by atoms with Crippen molar-refractivity contribution in [3.63, 3.8) is 0 Å². The van der Waals surface area contributed by atoms with Gasteiger partial charge in [-0.1, -0.05) is 12.1 Å². The van der Waals surface area contributed by atoms with Gasteiger partial charge in [0.05, 0.1) is 24.9 Å². The molecule has 1 aliphatic heterocycles. The minimum Gasteiger partial charge on any atom is -0.372 e. The van der Waals surface area contributed by atoms with Gasteiger partial charge in [-0.05, 0) is 38.5 Å². The van der Waals surface area contributed by atoms with Gasteiger partial charge in [-0.25, -0.2) is 4.79 Å². The topological polar surface area (TPSA) is 79.9 Å². The summed E-state index contributed by atoms with van der Waals surface area (Å²) in [6.07, 6.45) is -4.42. The van der Waals surface area contributed by atoms with Crippen molar-refractivity contribution in [1.82, 2.24) is 15.5 Å². The molecule has 1 fully saturated rings. The molecule has 0 aromatic heterocycles. The van der Waals surface area contributed by atoms with Gasteiger partial charge >= 0.3 is 12.2 Å². The first-order valence-electron chi connectivity index (χ1n) is 9.76. The highest BCUT2D eigenvalue weighted by Crippen LogP contribution is 2.15. The fourth-order valence-corrected chi connectivity index (χ4v) is 3.14. The largest absolute Gasteiger partial charge is 0.411 e. The number of morpholine rings is 1. The van der Waals surface area contributed by atoms with E-state index >= 15 is 0 Å². The molecule has 1 saturated heterocycles. The molecule has 3 amide bonds. The smallest absolute Gasteiger partial charge is 0.372 e. The SMILES string of the molecule is CC(COCC(F)(F)F)NC(=O)NCc1ccc(C(=O)N2CC(C)OC(C)C2)cc1. The summed E-state index contributed by atoms with van der Waals surface area (Å²) in [6.45, 7) is 5.09. The number of hydrogen-bond acceptors (Lipinski definition) is 4. The van der Waals surface area contributed by atoms with Crippen molar-refractivity contribution in [1.29, 1.82) is 0 Å². The van der Waals surface area contributed by atoms with E-state index in [4.69, 9.17) is 4.74 Å². The van der Waals surface area contributed by atoms with Gasteiger partial charge in [-0.2, -0.15) is 13.2 Å². The second-order valence-electron chi connectivity index (χ2n) is 7.52. The Hall–Kier alpha value is -2.33. The number of alkyl halides is 3. The van der Waals surface area contributed by atoms with E-state index in [2.05, 4.69) is 15.4 Å². The predicted molar refractivity (Wildman–Crippen MR) is 104 cm³/mol. The normalized spacial score (nSPS) is 20.5. The fraction of sp³-hybridized carbons (Fsp3) is 0.600. The van der Waals surface area contributed by atoms with Crippen LogP contribution >= 0.6 is 0 Å². The highest BCUT2D eigenvalue weighted by atomic mass is 19.4. The maximum absolute atomic E-state index is 12.6. The molecule has 10 heteroatoms. The minimum atomic E-state index is -4.40. The molecular weight excluding hydrogens is 403 g/mol. The van der Waals surface area contributed by atoms with E-state index < -0.39 is 24.9 Å².